The van der Waals surface area contributed by atoms with Crippen LogP contribution in [-0.4, -0.2) is 34.5 Å². The van der Waals surface area contributed by atoms with Gasteiger partial charge in [-0.25, -0.2) is 13.6 Å². The van der Waals surface area contributed by atoms with Crippen molar-refractivity contribution in [3.8, 4) is 0 Å². The summed E-state index contributed by atoms with van der Waals surface area (Å²) in [7, 11) is -1.87. The van der Waals surface area contributed by atoms with Gasteiger partial charge < -0.3 is 10.6 Å². The third-order valence-electron chi connectivity index (χ3n) is 3.50. The number of guanidine groups is 1. The molecule has 0 fully saturated rings. The highest BCUT2D eigenvalue weighted by molar-refractivity contribution is 7.89. The summed E-state index contributed by atoms with van der Waals surface area (Å²) in [5.41, 5.74) is 1.04. The van der Waals surface area contributed by atoms with Crippen LogP contribution in [0.25, 0.3) is 0 Å². The van der Waals surface area contributed by atoms with Crippen LogP contribution in [0.5, 0.6) is 0 Å². The van der Waals surface area contributed by atoms with Crippen LogP contribution in [0.3, 0.4) is 0 Å². The largest absolute Gasteiger partial charge is 0.356 e. The van der Waals surface area contributed by atoms with Gasteiger partial charge in [-0.2, -0.15) is 0 Å². The lowest BCUT2D eigenvalue weighted by molar-refractivity contribution is 0.598. The van der Waals surface area contributed by atoms with Crippen molar-refractivity contribution in [2.75, 3.05) is 20.1 Å². The highest BCUT2D eigenvalue weighted by atomic mass is 32.2. The summed E-state index contributed by atoms with van der Waals surface area (Å²) in [5.74, 6) is 0.794. The minimum atomic E-state index is -3.62. The molecule has 130 valence electrons. The SMILES string of the molecule is CCCCCCNC(=NC)NCCc1ccc(S(N)(=O)=O)cc1. The number of hydrogen-bond donors (Lipinski definition) is 3. The maximum atomic E-state index is 11.2. The summed E-state index contributed by atoms with van der Waals surface area (Å²) in [5, 5.41) is 11.6. The number of benzene rings is 1. The first-order chi connectivity index (χ1) is 11.0. The van der Waals surface area contributed by atoms with Crippen LogP contribution < -0.4 is 15.8 Å². The Kier molecular flexibility index (Phi) is 8.65. The van der Waals surface area contributed by atoms with Crippen LogP contribution in [0.1, 0.15) is 38.2 Å². The molecule has 0 amide bonds. The molecule has 1 aromatic carbocycles. The Balaban J connectivity index is 2.31. The van der Waals surface area contributed by atoms with Crippen molar-refractivity contribution in [3.05, 3.63) is 29.8 Å². The van der Waals surface area contributed by atoms with Crippen molar-refractivity contribution in [2.24, 2.45) is 10.1 Å². The molecule has 0 atom stereocenters. The third-order valence-corrected chi connectivity index (χ3v) is 4.43. The first-order valence-electron chi connectivity index (χ1n) is 8.03. The second-order valence-corrected chi connectivity index (χ2v) is 6.99. The molecule has 0 spiro atoms. The summed E-state index contributed by atoms with van der Waals surface area (Å²) in [6, 6.07) is 6.63. The number of sulfonamides is 1. The lowest BCUT2D eigenvalue weighted by Gasteiger charge is -2.12. The summed E-state index contributed by atoms with van der Waals surface area (Å²) < 4.78 is 22.4. The van der Waals surface area contributed by atoms with Crippen LogP contribution in [-0.2, 0) is 16.4 Å². The van der Waals surface area contributed by atoms with Gasteiger partial charge in [-0.15, -0.1) is 0 Å². The number of nitrogens with zero attached hydrogens (tertiary/aromatic N) is 1. The molecule has 7 heteroatoms. The predicted molar refractivity (Wildman–Crippen MR) is 95.0 cm³/mol. The minimum absolute atomic E-state index is 0.138. The maximum absolute atomic E-state index is 11.2. The Labute approximate surface area is 139 Å². The molecule has 0 aliphatic heterocycles. The molecular weight excluding hydrogens is 312 g/mol. The van der Waals surface area contributed by atoms with E-state index in [4.69, 9.17) is 5.14 Å². The van der Waals surface area contributed by atoms with Crippen LogP contribution in [0.2, 0.25) is 0 Å². The average molecular weight is 340 g/mol. The zero-order valence-electron chi connectivity index (χ0n) is 14.0. The van der Waals surface area contributed by atoms with E-state index in [0.29, 0.717) is 0 Å². The Hall–Kier alpha value is -1.60. The summed E-state index contributed by atoms with van der Waals surface area (Å²) in [6.07, 6.45) is 5.65. The molecular formula is C16H28N4O2S. The molecule has 1 rings (SSSR count). The van der Waals surface area contributed by atoms with Gasteiger partial charge in [0.15, 0.2) is 5.96 Å². The van der Waals surface area contributed by atoms with Crippen molar-refractivity contribution in [1.82, 2.24) is 10.6 Å². The average Bonchev–Trinajstić information content (AvgIpc) is 2.52. The predicted octanol–water partition coefficient (Wildman–Crippen LogP) is 1.62. The van der Waals surface area contributed by atoms with Crippen molar-refractivity contribution in [2.45, 2.75) is 43.9 Å². The van der Waals surface area contributed by atoms with Crippen LogP contribution in [0, 0.1) is 0 Å². The Morgan fingerprint density at radius 3 is 2.30 bits per heavy atom. The fourth-order valence-corrected chi connectivity index (χ4v) is 2.67. The van der Waals surface area contributed by atoms with Crippen molar-refractivity contribution in [1.29, 1.82) is 0 Å². The van der Waals surface area contributed by atoms with Gasteiger partial charge in [0.05, 0.1) is 4.90 Å². The monoisotopic (exact) mass is 340 g/mol. The van der Waals surface area contributed by atoms with E-state index < -0.39 is 10.0 Å². The van der Waals surface area contributed by atoms with Gasteiger partial charge in [-0.1, -0.05) is 38.3 Å². The fraction of sp³-hybridized carbons (Fsp3) is 0.562. The fourth-order valence-electron chi connectivity index (χ4n) is 2.15. The smallest absolute Gasteiger partial charge is 0.238 e. The lowest BCUT2D eigenvalue weighted by atomic mass is 10.1. The number of unbranched alkanes of at least 4 members (excludes halogenated alkanes) is 3. The molecule has 0 saturated carbocycles. The van der Waals surface area contributed by atoms with Crippen LogP contribution in [0.4, 0.5) is 0 Å². The molecule has 0 aliphatic carbocycles. The summed E-state index contributed by atoms with van der Waals surface area (Å²) >= 11 is 0. The van der Waals surface area contributed by atoms with E-state index in [1.807, 2.05) is 0 Å². The quantitative estimate of drug-likeness (QED) is 0.361. The second-order valence-electron chi connectivity index (χ2n) is 5.43. The normalized spacial score (nSPS) is 12.2. The highest BCUT2D eigenvalue weighted by Gasteiger charge is 2.06. The minimum Gasteiger partial charge on any atom is -0.356 e. The molecule has 0 unspecified atom stereocenters. The van der Waals surface area contributed by atoms with Gasteiger partial charge in [-0.3, -0.25) is 4.99 Å². The lowest BCUT2D eigenvalue weighted by Crippen LogP contribution is -2.38. The molecule has 0 radical (unpaired) electrons. The first-order valence-corrected chi connectivity index (χ1v) is 9.58. The summed E-state index contributed by atoms with van der Waals surface area (Å²) in [6.45, 7) is 3.84. The molecule has 0 bridgehead atoms. The van der Waals surface area contributed by atoms with Gasteiger partial charge in [0.25, 0.3) is 0 Å². The van der Waals surface area contributed by atoms with Crippen molar-refractivity contribution < 1.29 is 8.42 Å². The number of nitrogens with two attached hydrogens (primary N) is 1. The molecule has 6 nitrogen and oxygen atoms in total. The van der Waals surface area contributed by atoms with Gasteiger partial charge in [0.2, 0.25) is 10.0 Å². The second kappa shape index (κ2) is 10.2. The van der Waals surface area contributed by atoms with E-state index in [1.54, 1.807) is 19.2 Å². The molecule has 0 saturated heterocycles. The van der Waals surface area contributed by atoms with Gasteiger partial charge in [0.1, 0.15) is 0 Å². The van der Waals surface area contributed by atoms with E-state index in [1.165, 1.54) is 31.4 Å². The molecule has 0 heterocycles. The molecule has 0 aromatic heterocycles. The van der Waals surface area contributed by atoms with Gasteiger partial charge in [0, 0.05) is 20.1 Å². The van der Waals surface area contributed by atoms with E-state index in [0.717, 1.165) is 37.5 Å². The van der Waals surface area contributed by atoms with E-state index in [2.05, 4.69) is 22.5 Å². The Morgan fingerprint density at radius 2 is 1.74 bits per heavy atom. The topological polar surface area (TPSA) is 96.6 Å². The van der Waals surface area contributed by atoms with Gasteiger partial charge in [-0.05, 0) is 30.5 Å². The van der Waals surface area contributed by atoms with Crippen molar-refractivity contribution in [3.63, 3.8) is 0 Å². The van der Waals surface area contributed by atoms with Crippen LogP contribution >= 0.6 is 0 Å². The third kappa shape index (κ3) is 7.99. The standard InChI is InChI=1S/C16H28N4O2S/c1-3-4-5-6-12-19-16(18-2)20-13-11-14-7-9-15(10-8-14)23(17,21)22/h7-10H,3-6,11-13H2,1-2H3,(H2,17,21,22)(H2,18,19,20). The molecule has 23 heavy (non-hydrogen) atoms. The number of rotatable bonds is 9. The summed E-state index contributed by atoms with van der Waals surface area (Å²) in [4.78, 5) is 4.32. The zero-order valence-corrected chi connectivity index (χ0v) is 14.8. The van der Waals surface area contributed by atoms with Crippen LogP contribution in [0.15, 0.2) is 34.2 Å². The number of nitrogens with one attached hydrogen (secondary N) is 2. The molecule has 0 aliphatic rings. The number of aliphatic imine (C=N–C) groups is 1. The van der Waals surface area contributed by atoms with Gasteiger partial charge >= 0.3 is 0 Å². The maximum Gasteiger partial charge on any atom is 0.238 e. The van der Waals surface area contributed by atoms with Crippen molar-refractivity contribution >= 4 is 16.0 Å². The number of primary sulfonamides is 1. The Bertz CT molecular complexity index is 583. The van der Waals surface area contributed by atoms with E-state index >= 15 is 0 Å². The molecule has 1 aromatic rings. The van der Waals surface area contributed by atoms with E-state index in [9.17, 15) is 8.42 Å². The highest BCUT2D eigenvalue weighted by Crippen LogP contribution is 2.08. The van der Waals surface area contributed by atoms with E-state index in [-0.39, 0.29) is 4.90 Å². The zero-order chi connectivity index (χ0) is 17.1. The molecule has 4 N–H and O–H groups in total. The first kappa shape index (κ1) is 19.4. The number of hydrogen-bond acceptors (Lipinski definition) is 3. The Morgan fingerprint density at radius 1 is 1.09 bits per heavy atom.